The number of aromatic nitrogens is 2. The summed E-state index contributed by atoms with van der Waals surface area (Å²) in [6, 6.07) is 2.91. The molecule has 0 spiro atoms. The van der Waals surface area contributed by atoms with Gasteiger partial charge in [0.05, 0.1) is 12.7 Å². The maximum absolute atomic E-state index is 13.4. The van der Waals surface area contributed by atoms with Crippen molar-refractivity contribution in [3.05, 3.63) is 53.2 Å². The molecule has 0 radical (unpaired) electrons. The average Bonchev–Trinajstić information content (AvgIpc) is 2.51. The summed E-state index contributed by atoms with van der Waals surface area (Å²) in [6.45, 7) is 7.03. The zero-order valence-electron chi connectivity index (χ0n) is 14.6. The van der Waals surface area contributed by atoms with Gasteiger partial charge in [0.15, 0.2) is 6.29 Å². The van der Waals surface area contributed by atoms with Crippen molar-refractivity contribution in [2.24, 2.45) is 0 Å². The van der Waals surface area contributed by atoms with Crippen molar-refractivity contribution in [3.8, 4) is 0 Å². The van der Waals surface area contributed by atoms with Crippen LogP contribution in [0.1, 0.15) is 42.3 Å². The number of halogens is 1. The van der Waals surface area contributed by atoms with Gasteiger partial charge in [0, 0.05) is 18.0 Å². The summed E-state index contributed by atoms with van der Waals surface area (Å²) in [7, 11) is 0. The highest BCUT2D eigenvalue weighted by atomic mass is 19.1. The van der Waals surface area contributed by atoms with Crippen molar-refractivity contribution in [2.75, 3.05) is 4.90 Å². The number of carbonyl (C=O) groups excluding carboxylic acids is 2. The number of hydrogen-bond donors (Lipinski definition) is 0. The van der Waals surface area contributed by atoms with Gasteiger partial charge in [-0.2, -0.15) is 0 Å². The minimum atomic E-state index is -0.702. The Balaban J connectivity index is 2.41. The SMILES string of the molecule is Cc1cc(C=O)cnc1N(Cc1cncc(F)c1)C(=O)OC(C)(C)C. The predicted octanol–water partition coefficient (Wildman–Crippen LogP) is 3.68. The van der Waals surface area contributed by atoms with Crippen molar-refractivity contribution in [2.45, 2.75) is 39.8 Å². The summed E-state index contributed by atoms with van der Waals surface area (Å²) in [4.78, 5) is 32.8. The second kappa shape index (κ2) is 7.38. The molecular weight excluding hydrogens is 325 g/mol. The van der Waals surface area contributed by atoms with E-state index < -0.39 is 17.5 Å². The Hall–Kier alpha value is -2.83. The lowest BCUT2D eigenvalue weighted by Crippen LogP contribution is -2.37. The molecule has 2 aromatic heterocycles. The van der Waals surface area contributed by atoms with Crippen molar-refractivity contribution in [1.29, 1.82) is 0 Å². The first-order valence-electron chi connectivity index (χ1n) is 7.71. The lowest BCUT2D eigenvalue weighted by molar-refractivity contribution is 0.0576. The lowest BCUT2D eigenvalue weighted by atomic mass is 10.2. The standard InChI is InChI=1S/C18H20FN3O3/c1-12-5-14(11-23)8-21-16(12)22(17(24)25-18(2,3)4)10-13-6-15(19)9-20-7-13/h5-9,11H,10H2,1-4H3. The Bertz CT molecular complexity index is 787. The van der Waals surface area contributed by atoms with Crippen LogP contribution in [0.2, 0.25) is 0 Å². The molecule has 132 valence electrons. The molecule has 6 nitrogen and oxygen atoms in total. The predicted molar refractivity (Wildman–Crippen MR) is 91.0 cm³/mol. The number of anilines is 1. The van der Waals surface area contributed by atoms with Crippen molar-refractivity contribution >= 4 is 18.2 Å². The van der Waals surface area contributed by atoms with Crippen LogP contribution >= 0.6 is 0 Å². The molecule has 0 saturated heterocycles. The van der Waals surface area contributed by atoms with Crippen LogP contribution in [0.25, 0.3) is 0 Å². The van der Waals surface area contributed by atoms with Crippen LogP contribution in [0.5, 0.6) is 0 Å². The summed E-state index contributed by atoms with van der Waals surface area (Å²) in [6.07, 6.45) is 3.99. The molecule has 0 bridgehead atoms. The molecule has 0 fully saturated rings. The van der Waals surface area contributed by atoms with E-state index in [1.165, 1.54) is 23.4 Å². The van der Waals surface area contributed by atoms with E-state index in [1.54, 1.807) is 33.8 Å². The first kappa shape index (κ1) is 18.5. The second-order valence-electron chi connectivity index (χ2n) is 6.60. The van der Waals surface area contributed by atoms with Crippen LogP contribution < -0.4 is 4.90 Å². The van der Waals surface area contributed by atoms with Gasteiger partial charge in [0.1, 0.15) is 17.2 Å². The van der Waals surface area contributed by atoms with Gasteiger partial charge in [0.25, 0.3) is 0 Å². The molecular formula is C18H20FN3O3. The molecule has 0 aromatic carbocycles. The number of ether oxygens (including phenoxy) is 1. The summed E-state index contributed by atoms with van der Waals surface area (Å²) >= 11 is 0. The number of pyridine rings is 2. The smallest absolute Gasteiger partial charge is 0.416 e. The Morgan fingerprint density at radius 1 is 1.28 bits per heavy atom. The third-order valence-electron chi connectivity index (χ3n) is 3.18. The van der Waals surface area contributed by atoms with Gasteiger partial charge >= 0.3 is 6.09 Å². The first-order chi connectivity index (χ1) is 11.7. The van der Waals surface area contributed by atoms with Gasteiger partial charge in [-0.3, -0.25) is 14.7 Å². The highest BCUT2D eigenvalue weighted by Gasteiger charge is 2.26. The fourth-order valence-corrected chi connectivity index (χ4v) is 2.20. The number of hydrogen-bond acceptors (Lipinski definition) is 5. The van der Waals surface area contributed by atoms with E-state index in [2.05, 4.69) is 9.97 Å². The fraction of sp³-hybridized carbons (Fsp3) is 0.333. The largest absolute Gasteiger partial charge is 0.443 e. The molecule has 0 unspecified atom stereocenters. The van der Waals surface area contributed by atoms with Crippen LogP contribution in [0.4, 0.5) is 15.0 Å². The zero-order chi connectivity index (χ0) is 18.6. The molecule has 2 aromatic rings. The van der Waals surface area contributed by atoms with E-state index in [-0.39, 0.29) is 6.54 Å². The maximum Gasteiger partial charge on any atom is 0.416 e. The van der Waals surface area contributed by atoms with Gasteiger partial charge in [-0.1, -0.05) is 0 Å². The van der Waals surface area contributed by atoms with Crippen LogP contribution in [-0.4, -0.2) is 27.9 Å². The number of nitrogens with zero attached hydrogens (tertiary/aromatic N) is 3. The maximum atomic E-state index is 13.4. The molecule has 25 heavy (non-hydrogen) atoms. The Kier molecular flexibility index (Phi) is 5.46. The topological polar surface area (TPSA) is 72.4 Å². The van der Waals surface area contributed by atoms with Gasteiger partial charge in [0.2, 0.25) is 0 Å². The molecule has 0 aliphatic heterocycles. The third kappa shape index (κ3) is 5.07. The molecule has 2 rings (SSSR count). The van der Waals surface area contributed by atoms with E-state index in [0.29, 0.717) is 28.8 Å². The normalized spacial score (nSPS) is 11.1. The van der Waals surface area contributed by atoms with Crippen LogP contribution in [-0.2, 0) is 11.3 Å². The second-order valence-corrected chi connectivity index (χ2v) is 6.60. The summed E-state index contributed by atoms with van der Waals surface area (Å²) < 4.78 is 18.9. The molecule has 0 saturated carbocycles. The highest BCUT2D eigenvalue weighted by molar-refractivity contribution is 5.88. The number of aryl methyl sites for hydroxylation is 1. The van der Waals surface area contributed by atoms with Crippen LogP contribution in [0.15, 0.2) is 30.7 Å². The quantitative estimate of drug-likeness (QED) is 0.791. The van der Waals surface area contributed by atoms with E-state index >= 15 is 0 Å². The zero-order valence-corrected chi connectivity index (χ0v) is 14.6. The number of aldehydes is 1. The van der Waals surface area contributed by atoms with E-state index in [1.807, 2.05) is 0 Å². The third-order valence-corrected chi connectivity index (χ3v) is 3.18. The van der Waals surface area contributed by atoms with E-state index in [0.717, 1.165) is 6.20 Å². The molecule has 7 heteroatoms. The Labute approximate surface area is 145 Å². The van der Waals surface area contributed by atoms with Gasteiger partial charge in [-0.05, 0) is 51.0 Å². The Morgan fingerprint density at radius 3 is 2.56 bits per heavy atom. The Morgan fingerprint density at radius 2 is 2.00 bits per heavy atom. The van der Waals surface area contributed by atoms with Crippen LogP contribution in [0, 0.1) is 12.7 Å². The minimum Gasteiger partial charge on any atom is -0.443 e. The molecule has 0 aliphatic carbocycles. The first-order valence-corrected chi connectivity index (χ1v) is 7.71. The molecule has 0 atom stereocenters. The molecule has 0 N–H and O–H groups in total. The number of carbonyl (C=O) groups is 2. The molecule has 1 amide bonds. The van der Waals surface area contributed by atoms with Gasteiger partial charge in [-0.25, -0.2) is 14.2 Å². The summed E-state index contributed by atoms with van der Waals surface area (Å²) in [5.41, 5.74) is 0.816. The van der Waals surface area contributed by atoms with Gasteiger partial charge < -0.3 is 4.74 Å². The fourth-order valence-electron chi connectivity index (χ4n) is 2.20. The van der Waals surface area contributed by atoms with E-state index in [4.69, 9.17) is 4.74 Å². The van der Waals surface area contributed by atoms with Crippen molar-refractivity contribution in [3.63, 3.8) is 0 Å². The molecule has 2 heterocycles. The molecule has 0 aliphatic rings. The number of rotatable bonds is 4. The number of amides is 1. The van der Waals surface area contributed by atoms with E-state index in [9.17, 15) is 14.0 Å². The average molecular weight is 345 g/mol. The van der Waals surface area contributed by atoms with Crippen molar-refractivity contribution in [1.82, 2.24) is 9.97 Å². The summed E-state index contributed by atoms with van der Waals surface area (Å²) in [5.74, 6) is -0.160. The highest BCUT2D eigenvalue weighted by Crippen LogP contribution is 2.23. The summed E-state index contributed by atoms with van der Waals surface area (Å²) in [5, 5.41) is 0. The van der Waals surface area contributed by atoms with Gasteiger partial charge in [-0.15, -0.1) is 0 Å². The monoisotopic (exact) mass is 345 g/mol. The minimum absolute atomic E-state index is 0.0357. The van der Waals surface area contributed by atoms with Crippen LogP contribution in [0.3, 0.4) is 0 Å². The lowest BCUT2D eigenvalue weighted by Gasteiger charge is -2.27. The van der Waals surface area contributed by atoms with Crippen molar-refractivity contribution < 1.29 is 18.7 Å².